The van der Waals surface area contributed by atoms with Gasteiger partial charge in [0.25, 0.3) is 5.69 Å². The Balaban J connectivity index is 3.08. The van der Waals surface area contributed by atoms with Gasteiger partial charge in [-0.3, -0.25) is 14.9 Å². The molecule has 20 heavy (non-hydrogen) atoms. The molecule has 1 aromatic rings. The zero-order valence-electron chi connectivity index (χ0n) is 11.2. The van der Waals surface area contributed by atoms with Crippen LogP contribution in [0.3, 0.4) is 0 Å². The van der Waals surface area contributed by atoms with Crippen LogP contribution in [0.15, 0.2) is 12.1 Å². The molecule has 1 rings (SSSR count). The monoisotopic (exact) mass is 320 g/mol. The molecule has 0 saturated heterocycles. The third-order valence-corrected chi connectivity index (χ3v) is 3.50. The number of hydrogen-bond acceptors (Lipinski definition) is 5. The van der Waals surface area contributed by atoms with Gasteiger partial charge < -0.3 is 9.64 Å². The maximum absolute atomic E-state index is 11.4. The smallest absolute Gasteiger partial charge is 0.310 e. The zero-order chi connectivity index (χ0) is 15.4. The van der Waals surface area contributed by atoms with E-state index in [0.717, 1.165) is 0 Å². The Morgan fingerprint density at radius 2 is 2.00 bits per heavy atom. The SMILES string of the molecule is COC(=O)C(C)CN(C)c1cc(Cl)c(Cl)cc1[N+](=O)[O-]. The van der Waals surface area contributed by atoms with Crippen molar-refractivity contribution in [1.82, 2.24) is 0 Å². The number of ether oxygens (including phenoxy) is 1. The first-order valence-corrected chi connectivity index (χ1v) is 6.46. The molecule has 0 N–H and O–H groups in total. The van der Waals surface area contributed by atoms with Crippen LogP contribution in [0.5, 0.6) is 0 Å². The zero-order valence-corrected chi connectivity index (χ0v) is 12.7. The molecule has 1 unspecified atom stereocenters. The molecule has 0 aliphatic rings. The summed E-state index contributed by atoms with van der Waals surface area (Å²) in [5.41, 5.74) is 0.124. The van der Waals surface area contributed by atoms with E-state index in [0.29, 0.717) is 5.69 Å². The highest BCUT2D eigenvalue weighted by Gasteiger charge is 2.23. The van der Waals surface area contributed by atoms with E-state index in [9.17, 15) is 14.9 Å². The number of carbonyl (C=O) groups is 1. The fourth-order valence-corrected chi connectivity index (χ4v) is 2.08. The number of carbonyl (C=O) groups excluding carboxylic acids is 1. The summed E-state index contributed by atoms with van der Waals surface area (Å²) in [4.78, 5) is 23.5. The van der Waals surface area contributed by atoms with Crippen LogP contribution in [-0.2, 0) is 9.53 Å². The number of halogens is 2. The molecule has 8 heteroatoms. The summed E-state index contributed by atoms with van der Waals surface area (Å²) in [6, 6.07) is 2.60. The molecule has 6 nitrogen and oxygen atoms in total. The number of nitro benzene ring substituents is 1. The maximum Gasteiger partial charge on any atom is 0.310 e. The van der Waals surface area contributed by atoms with Crippen molar-refractivity contribution in [2.24, 2.45) is 5.92 Å². The molecule has 0 aromatic heterocycles. The van der Waals surface area contributed by atoms with Gasteiger partial charge in [-0.15, -0.1) is 0 Å². The lowest BCUT2D eigenvalue weighted by atomic mass is 10.1. The Morgan fingerprint density at radius 1 is 1.45 bits per heavy atom. The molecule has 0 aliphatic carbocycles. The number of rotatable bonds is 5. The molecule has 0 fully saturated rings. The summed E-state index contributed by atoms with van der Waals surface area (Å²) in [7, 11) is 2.92. The number of hydrogen-bond donors (Lipinski definition) is 0. The van der Waals surface area contributed by atoms with E-state index in [1.165, 1.54) is 19.2 Å². The van der Waals surface area contributed by atoms with Crippen LogP contribution < -0.4 is 4.90 Å². The minimum atomic E-state index is -0.545. The van der Waals surface area contributed by atoms with Crippen molar-refractivity contribution in [3.8, 4) is 0 Å². The van der Waals surface area contributed by atoms with Crippen LogP contribution in [0.2, 0.25) is 10.0 Å². The van der Waals surface area contributed by atoms with Gasteiger partial charge in [-0.2, -0.15) is 0 Å². The van der Waals surface area contributed by atoms with Crippen molar-refractivity contribution >= 4 is 40.5 Å². The molecule has 0 bridgehead atoms. The number of esters is 1. The fourth-order valence-electron chi connectivity index (χ4n) is 1.76. The first kappa shape index (κ1) is 16.5. The minimum Gasteiger partial charge on any atom is -0.469 e. The number of methoxy groups -OCH3 is 1. The Kier molecular flexibility index (Phi) is 5.59. The highest BCUT2D eigenvalue weighted by atomic mass is 35.5. The summed E-state index contributed by atoms with van der Waals surface area (Å²) in [6.45, 7) is 1.93. The number of anilines is 1. The highest BCUT2D eigenvalue weighted by Crippen LogP contribution is 2.36. The van der Waals surface area contributed by atoms with Gasteiger partial charge in [0.15, 0.2) is 0 Å². The summed E-state index contributed by atoms with van der Waals surface area (Å²) < 4.78 is 4.62. The average Bonchev–Trinajstić information content (AvgIpc) is 2.39. The third-order valence-electron chi connectivity index (χ3n) is 2.78. The first-order chi connectivity index (χ1) is 9.27. The first-order valence-electron chi connectivity index (χ1n) is 5.70. The Labute approximate surface area is 126 Å². The molecule has 110 valence electrons. The van der Waals surface area contributed by atoms with Gasteiger partial charge in [0.2, 0.25) is 0 Å². The van der Waals surface area contributed by atoms with Gasteiger partial charge in [0.05, 0.1) is 28.0 Å². The summed E-state index contributed by atoms with van der Waals surface area (Å²) in [5.74, 6) is -0.821. The number of benzene rings is 1. The standard InChI is InChI=1S/C12H14Cl2N2O4/c1-7(12(17)20-3)6-15(2)10-4-8(13)9(14)5-11(10)16(18)19/h4-5,7H,6H2,1-3H3. The second-order valence-electron chi connectivity index (χ2n) is 4.32. The van der Waals surface area contributed by atoms with Crippen LogP contribution in [0.1, 0.15) is 6.92 Å². The molecule has 1 atom stereocenters. The molecular weight excluding hydrogens is 307 g/mol. The molecule has 0 heterocycles. The minimum absolute atomic E-state index is 0.108. The predicted molar refractivity (Wildman–Crippen MR) is 77.6 cm³/mol. The van der Waals surface area contributed by atoms with Gasteiger partial charge in [0, 0.05) is 19.7 Å². The van der Waals surface area contributed by atoms with Crippen molar-refractivity contribution in [2.45, 2.75) is 6.92 Å². The summed E-state index contributed by atoms with van der Waals surface area (Å²) >= 11 is 11.7. The third kappa shape index (κ3) is 3.74. The van der Waals surface area contributed by atoms with Gasteiger partial charge in [-0.1, -0.05) is 30.1 Å². The van der Waals surface area contributed by atoms with Crippen LogP contribution in [0.4, 0.5) is 11.4 Å². The fraction of sp³-hybridized carbons (Fsp3) is 0.417. The van der Waals surface area contributed by atoms with E-state index >= 15 is 0 Å². The van der Waals surface area contributed by atoms with E-state index in [2.05, 4.69) is 4.74 Å². The Bertz CT molecular complexity index is 536. The topological polar surface area (TPSA) is 72.7 Å². The molecular formula is C12H14Cl2N2O4. The lowest BCUT2D eigenvalue weighted by Gasteiger charge is -2.22. The largest absolute Gasteiger partial charge is 0.469 e. The maximum atomic E-state index is 11.4. The number of nitrogens with zero attached hydrogens (tertiary/aromatic N) is 2. The average molecular weight is 321 g/mol. The van der Waals surface area contributed by atoms with Crippen LogP contribution >= 0.6 is 23.2 Å². The summed E-state index contributed by atoms with van der Waals surface area (Å²) in [5, 5.41) is 11.4. The van der Waals surface area contributed by atoms with E-state index in [1.54, 1.807) is 18.9 Å². The van der Waals surface area contributed by atoms with Gasteiger partial charge in [-0.25, -0.2) is 0 Å². The van der Waals surface area contributed by atoms with Crippen molar-refractivity contribution < 1.29 is 14.5 Å². The van der Waals surface area contributed by atoms with Gasteiger partial charge in [-0.05, 0) is 6.07 Å². The molecule has 0 amide bonds. The van der Waals surface area contributed by atoms with Crippen LogP contribution in [0.25, 0.3) is 0 Å². The molecule has 0 saturated carbocycles. The second-order valence-corrected chi connectivity index (χ2v) is 5.13. The Morgan fingerprint density at radius 3 is 2.50 bits per heavy atom. The van der Waals surface area contributed by atoms with Crippen LogP contribution in [-0.4, -0.2) is 31.6 Å². The number of nitro groups is 1. The molecule has 0 spiro atoms. The normalized spacial score (nSPS) is 11.8. The van der Waals surface area contributed by atoms with Crippen molar-refractivity contribution in [3.63, 3.8) is 0 Å². The lowest BCUT2D eigenvalue weighted by molar-refractivity contribution is -0.384. The van der Waals surface area contributed by atoms with E-state index in [1.807, 2.05) is 0 Å². The van der Waals surface area contributed by atoms with E-state index < -0.39 is 10.8 Å². The lowest BCUT2D eigenvalue weighted by Crippen LogP contribution is -2.29. The summed E-state index contributed by atoms with van der Waals surface area (Å²) in [6.07, 6.45) is 0. The van der Waals surface area contributed by atoms with Gasteiger partial charge in [0.1, 0.15) is 5.69 Å². The van der Waals surface area contributed by atoms with Crippen molar-refractivity contribution in [2.75, 3.05) is 25.6 Å². The van der Waals surface area contributed by atoms with Crippen LogP contribution in [0, 0.1) is 16.0 Å². The van der Waals surface area contributed by atoms with E-state index in [4.69, 9.17) is 23.2 Å². The van der Waals surface area contributed by atoms with Crippen molar-refractivity contribution in [1.29, 1.82) is 0 Å². The quantitative estimate of drug-likeness (QED) is 0.473. The van der Waals surface area contributed by atoms with Crippen molar-refractivity contribution in [3.05, 3.63) is 32.3 Å². The van der Waals surface area contributed by atoms with E-state index in [-0.39, 0.29) is 28.2 Å². The second kappa shape index (κ2) is 6.76. The molecule has 0 aliphatic heterocycles. The van der Waals surface area contributed by atoms with Gasteiger partial charge >= 0.3 is 5.97 Å². The molecule has 1 aromatic carbocycles. The highest BCUT2D eigenvalue weighted by molar-refractivity contribution is 6.42. The predicted octanol–water partition coefficient (Wildman–Crippen LogP) is 3.15. The molecule has 0 radical (unpaired) electrons. The Hall–Kier alpha value is -1.53.